The third kappa shape index (κ3) is 5.54. The average Bonchev–Trinajstić information content (AvgIpc) is 3.76. The monoisotopic (exact) mass is 742 g/mol. The Kier molecular flexibility index (Phi) is 8.56. The van der Waals surface area contributed by atoms with Crippen molar-refractivity contribution in [3.8, 4) is 68.6 Å². The lowest BCUT2D eigenvalue weighted by molar-refractivity contribution is 0.414. The lowest BCUT2D eigenvalue weighted by Crippen LogP contribution is -2.25. The zero-order chi connectivity index (χ0) is 39.1. The molecule has 2 heteroatoms. The molecule has 0 bridgehead atoms. The molecule has 0 saturated carbocycles. The van der Waals surface area contributed by atoms with Gasteiger partial charge < -0.3 is 9.47 Å². The van der Waals surface area contributed by atoms with Gasteiger partial charge in [0, 0.05) is 11.1 Å². The normalized spacial score (nSPS) is 13.3. The highest BCUT2D eigenvalue weighted by Gasteiger charge is 2.45. The van der Waals surface area contributed by atoms with Crippen LogP contribution in [0.1, 0.15) is 44.5 Å². The summed E-state index contributed by atoms with van der Waals surface area (Å²) >= 11 is 0. The maximum absolute atomic E-state index is 5.42. The van der Waals surface area contributed by atoms with Crippen LogP contribution in [-0.4, -0.2) is 14.2 Å². The second kappa shape index (κ2) is 14.2. The van der Waals surface area contributed by atoms with Crippen molar-refractivity contribution in [1.82, 2.24) is 0 Å². The van der Waals surface area contributed by atoms with Gasteiger partial charge in [-0.05, 0) is 115 Å². The number of hydrogen-bond donors (Lipinski definition) is 0. The van der Waals surface area contributed by atoms with Crippen molar-refractivity contribution in [1.29, 1.82) is 0 Å². The number of fused-ring (bicyclic) bond motifs is 6. The molecule has 0 atom stereocenters. The number of ether oxygens (including phenoxy) is 2. The van der Waals surface area contributed by atoms with E-state index in [4.69, 9.17) is 9.47 Å². The molecule has 0 aliphatic heterocycles. The van der Waals surface area contributed by atoms with Crippen molar-refractivity contribution >= 4 is 0 Å². The molecule has 2 nitrogen and oxygen atoms in total. The van der Waals surface area contributed by atoms with E-state index in [0.29, 0.717) is 0 Å². The van der Waals surface area contributed by atoms with Gasteiger partial charge in [-0.1, -0.05) is 169 Å². The van der Waals surface area contributed by atoms with Crippen molar-refractivity contribution in [3.63, 3.8) is 0 Å². The van der Waals surface area contributed by atoms with E-state index >= 15 is 0 Å². The SMILES string of the molecule is COc1ccc(C#CC2(c3ccc(-c4ccc(C5(C#Cc6ccc(OC)cc6)c6ccccc6-c6ccccc65)cc4)cc3)c3ccccc3-c3ccccc32)cc1. The van der Waals surface area contributed by atoms with Gasteiger partial charge >= 0.3 is 0 Å². The fraction of sp³-hybridized carbons (Fsp3) is 0.0714. The summed E-state index contributed by atoms with van der Waals surface area (Å²) in [5.74, 6) is 16.4. The molecule has 2 aliphatic carbocycles. The molecule has 0 radical (unpaired) electrons. The Hall–Kier alpha value is -7.52. The fourth-order valence-corrected chi connectivity index (χ4v) is 9.01. The molecule has 8 aromatic carbocycles. The molecule has 0 amide bonds. The molecule has 2 aliphatic rings. The molecule has 0 spiro atoms. The van der Waals surface area contributed by atoms with Gasteiger partial charge in [0.25, 0.3) is 0 Å². The second-order valence-corrected chi connectivity index (χ2v) is 14.8. The van der Waals surface area contributed by atoms with Crippen molar-refractivity contribution in [2.24, 2.45) is 0 Å². The summed E-state index contributed by atoms with van der Waals surface area (Å²) in [5.41, 5.74) is 14.8. The van der Waals surface area contributed by atoms with E-state index in [0.717, 1.165) is 44.9 Å². The molecule has 10 rings (SSSR count). The van der Waals surface area contributed by atoms with Crippen molar-refractivity contribution in [3.05, 3.63) is 239 Å². The number of benzene rings is 8. The van der Waals surface area contributed by atoms with Gasteiger partial charge in [-0.3, -0.25) is 0 Å². The smallest absolute Gasteiger partial charge is 0.118 e. The second-order valence-electron chi connectivity index (χ2n) is 14.8. The van der Waals surface area contributed by atoms with Crippen LogP contribution in [0.5, 0.6) is 11.5 Å². The van der Waals surface area contributed by atoms with Crippen LogP contribution in [0.25, 0.3) is 33.4 Å². The van der Waals surface area contributed by atoms with Gasteiger partial charge in [0.1, 0.15) is 22.3 Å². The van der Waals surface area contributed by atoms with Crippen LogP contribution in [0.2, 0.25) is 0 Å². The highest BCUT2D eigenvalue weighted by molar-refractivity contribution is 5.88. The Bertz CT molecular complexity index is 2650. The third-order valence-corrected chi connectivity index (χ3v) is 11.8. The predicted octanol–water partition coefficient (Wildman–Crippen LogP) is 12.1. The molecular weight excluding hydrogens is 705 g/mol. The molecule has 0 fully saturated rings. The Morgan fingerprint density at radius 3 is 0.914 bits per heavy atom. The minimum Gasteiger partial charge on any atom is -0.497 e. The van der Waals surface area contributed by atoms with E-state index in [-0.39, 0.29) is 0 Å². The summed E-state index contributed by atoms with van der Waals surface area (Å²) in [6, 6.07) is 68.7. The summed E-state index contributed by atoms with van der Waals surface area (Å²) in [7, 11) is 3.37. The summed E-state index contributed by atoms with van der Waals surface area (Å²) in [5, 5.41) is 0. The topological polar surface area (TPSA) is 18.5 Å². The molecule has 0 heterocycles. The first-order valence-electron chi connectivity index (χ1n) is 19.6. The number of methoxy groups -OCH3 is 2. The van der Waals surface area contributed by atoms with E-state index in [1.165, 1.54) is 44.5 Å². The van der Waals surface area contributed by atoms with Crippen LogP contribution in [0.3, 0.4) is 0 Å². The predicted molar refractivity (Wildman–Crippen MR) is 235 cm³/mol. The molecule has 0 aromatic heterocycles. The molecule has 8 aromatic rings. The van der Waals surface area contributed by atoms with Crippen LogP contribution >= 0.6 is 0 Å². The van der Waals surface area contributed by atoms with Crippen LogP contribution in [0.4, 0.5) is 0 Å². The Morgan fingerprint density at radius 2 is 0.621 bits per heavy atom. The van der Waals surface area contributed by atoms with Gasteiger partial charge in [0.2, 0.25) is 0 Å². The van der Waals surface area contributed by atoms with Gasteiger partial charge in [-0.2, -0.15) is 0 Å². The largest absolute Gasteiger partial charge is 0.497 e. The maximum Gasteiger partial charge on any atom is 0.118 e. The summed E-state index contributed by atoms with van der Waals surface area (Å²) in [6.07, 6.45) is 0. The summed E-state index contributed by atoms with van der Waals surface area (Å²) < 4.78 is 10.8. The highest BCUT2D eigenvalue weighted by atomic mass is 16.5. The third-order valence-electron chi connectivity index (χ3n) is 11.8. The first-order chi connectivity index (χ1) is 28.6. The Labute approximate surface area is 340 Å². The minimum absolute atomic E-state index is 0.645. The standard InChI is InChI=1S/C56H38O2/c1-57-45-31-19-39(20-32-45)35-37-55(51-15-7-3-11-47(51)48-12-4-8-16-52(48)55)43-27-23-41(24-28-43)42-25-29-44(30-26-42)56(38-36-40-21-33-46(58-2)34-22-40)53-17-9-5-13-49(53)50-14-6-10-18-54(50)56/h3-34H,1-2H3. The maximum atomic E-state index is 5.42. The van der Waals surface area contributed by atoms with Crippen LogP contribution in [-0.2, 0) is 10.8 Å². The quantitative estimate of drug-likeness (QED) is 0.164. The zero-order valence-electron chi connectivity index (χ0n) is 32.3. The highest BCUT2D eigenvalue weighted by Crippen LogP contribution is 2.54. The number of rotatable bonds is 5. The fourth-order valence-electron chi connectivity index (χ4n) is 9.01. The first-order valence-corrected chi connectivity index (χ1v) is 19.6. The lowest BCUT2D eigenvalue weighted by atomic mass is 9.72. The van der Waals surface area contributed by atoms with E-state index in [9.17, 15) is 0 Å². The summed E-state index contributed by atoms with van der Waals surface area (Å²) in [4.78, 5) is 0. The van der Waals surface area contributed by atoms with E-state index in [1.807, 2.05) is 48.5 Å². The molecule has 0 N–H and O–H groups in total. The van der Waals surface area contributed by atoms with Gasteiger partial charge in [-0.25, -0.2) is 0 Å². The van der Waals surface area contributed by atoms with Crippen LogP contribution in [0.15, 0.2) is 194 Å². The molecule has 274 valence electrons. The summed E-state index contributed by atoms with van der Waals surface area (Å²) in [6.45, 7) is 0. The molecule has 58 heavy (non-hydrogen) atoms. The van der Waals surface area contributed by atoms with Crippen molar-refractivity contribution in [2.75, 3.05) is 14.2 Å². The average molecular weight is 743 g/mol. The zero-order valence-corrected chi connectivity index (χ0v) is 32.3. The van der Waals surface area contributed by atoms with E-state index in [2.05, 4.69) is 169 Å². The van der Waals surface area contributed by atoms with E-state index in [1.54, 1.807) is 14.2 Å². The van der Waals surface area contributed by atoms with Gasteiger partial charge in [0.15, 0.2) is 0 Å². The molecular formula is C56H38O2. The minimum atomic E-state index is -0.645. The van der Waals surface area contributed by atoms with Gasteiger partial charge in [-0.15, -0.1) is 0 Å². The Morgan fingerprint density at radius 1 is 0.328 bits per heavy atom. The molecule has 0 saturated heterocycles. The van der Waals surface area contributed by atoms with Crippen molar-refractivity contribution in [2.45, 2.75) is 10.8 Å². The molecule has 0 unspecified atom stereocenters. The van der Waals surface area contributed by atoms with Gasteiger partial charge in [0.05, 0.1) is 14.2 Å². The van der Waals surface area contributed by atoms with Crippen LogP contribution < -0.4 is 9.47 Å². The Balaban J connectivity index is 1.07. The first kappa shape index (κ1) is 34.9. The van der Waals surface area contributed by atoms with E-state index < -0.39 is 10.8 Å². The van der Waals surface area contributed by atoms with Crippen molar-refractivity contribution < 1.29 is 9.47 Å². The number of hydrogen-bond acceptors (Lipinski definition) is 2. The lowest BCUT2D eigenvalue weighted by Gasteiger charge is -2.28. The van der Waals surface area contributed by atoms with Crippen LogP contribution in [0, 0.1) is 23.7 Å².